The number of nitrogens with two attached hydrogens (primary N) is 1. The van der Waals surface area contributed by atoms with Crippen LogP contribution < -0.4 is 15.9 Å². The molecular weight excluding hydrogens is 352 g/mol. The molecule has 2 rings (SSSR count). The van der Waals surface area contributed by atoms with Gasteiger partial charge in [-0.15, -0.1) is 11.3 Å². The van der Waals surface area contributed by atoms with E-state index >= 15 is 0 Å². The Hall–Kier alpha value is -1.60. The number of hydrogen-bond donors (Lipinski definition) is 2. The number of unbranched alkanes of at least 4 members (excludes halogenated alkanes) is 1. The predicted molar refractivity (Wildman–Crippen MR) is 92.3 cm³/mol. The van der Waals surface area contributed by atoms with Crippen LogP contribution in [-0.2, 0) is 0 Å². The minimum absolute atomic E-state index is 0.490. The molecule has 0 aliphatic rings. The lowest BCUT2D eigenvalue weighted by Gasteiger charge is -2.08. The number of nitrogens with zero attached hydrogens (tertiary/aromatic N) is 2. The zero-order chi connectivity index (χ0) is 15.1. The molecule has 0 radical (unpaired) electrons. The number of thiazole rings is 1. The van der Waals surface area contributed by atoms with Gasteiger partial charge in [-0.05, 0) is 24.6 Å². The van der Waals surface area contributed by atoms with Crippen molar-refractivity contribution in [3.8, 4) is 5.75 Å². The summed E-state index contributed by atoms with van der Waals surface area (Å²) in [6.07, 6.45) is 3.85. The summed E-state index contributed by atoms with van der Waals surface area (Å²) in [5, 5.41) is 6.59. The number of benzene rings is 1. The molecule has 112 valence electrons. The molecular formula is C14H17BrN4OS. The minimum Gasteiger partial charge on any atom is -0.493 e. The van der Waals surface area contributed by atoms with Crippen LogP contribution in [0.4, 0.5) is 10.9 Å². The second-order valence-electron chi connectivity index (χ2n) is 4.33. The summed E-state index contributed by atoms with van der Waals surface area (Å²) in [6.45, 7) is 2.84. The molecule has 1 heterocycles. The number of nitrogens with one attached hydrogen (secondary N) is 1. The quantitative estimate of drug-likeness (QED) is 0.438. The van der Waals surface area contributed by atoms with Gasteiger partial charge < -0.3 is 10.5 Å². The average molecular weight is 369 g/mol. The summed E-state index contributed by atoms with van der Waals surface area (Å²) in [5.41, 5.74) is 9.31. The third kappa shape index (κ3) is 5.02. The predicted octanol–water partition coefficient (Wildman–Crippen LogP) is 4.11. The van der Waals surface area contributed by atoms with Crippen LogP contribution in [0.15, 0.2) is 33.2 Å². The second-order valence-corrected chi connectivity index (χ2v) is 6.11. The Morgan fingerprint density at radius 3 is 3.10 bits per heavy atom. The van der Waals surface area contributed by atoms with Gasteiger partial charge in [-0.2, -0.15) is 5.10 Å². The first kappa shape index (κ1) is 15.8. The highest BCUT2D eigenvalue weighted by Gasteiger charge is 2.03. The van der Waals surface area contributed by atoms with Crippen molar-refractivity contribution in [2.24, 2.45) is 5.10 Å². The largest absolute Gasteiger partial charge is 0.493 e. The van der Waals surface area contributed by atoms with Crippen LogP contribution in [0, 0.1) is 0 Å². The maximum Gasteiger partial charge on any atom is 0.205 e. The Morgan fingerprint density at radius 1 is 1.52 bits per heavy atom. The molecule has 0 saturated carbocycles. The molecule has 0 aliphatic carbocycles. The number of ether oxygens (including phenoxy) is 1. The number of aromatic nitrogens is 1. The first-order valence-corrected chi connectivity index (χ1v) is 8.28. The third-order valence-electron chi connectivity index (χ3n) is 2.61. The van der Waals surface area contributed by atoms with Gasteiger partial charge in [0.1, 0.15) is 11.6 Å². The molecule has 3 N–H and O–H groups in total. The van der Waals surface area contributed by atoms with Crippen LogP contribution in [0.25, 0.3) is 0 Å². The number of anilines is 2. The van der Waals surface area contributed by atoms with Gasteiger partial charge in [0.2, 0.25) is 5.13 Å². The molecule has 0 aliphatic heterocycles. The third-order valence-corrected chi connectivity index (χ3v) is 3.87. The number of hydrazone groups is 1. The van der Waals surface area contributed by atoms with E-state index in [1.54, 1.807) is 11.6 Å². The lowest BCUT2D eigenvalue weighted by atomic mass is 10.2. The molecule has 5 nitrogen and oxygen atoms in total. The molecule has 0 unspecified atom stereocenters. The smallest absolute Gasteiger partial charge is 0.205 e. The molecule has 0 atom stereocenters. The van der Waals surface area contributed by atoms with E-state index in [1.807, 2.05) is 18.2 Å². The number of hydrogen-bond acceptors (Lipinski definition) is 6. The Labute approximate surface area is 136 Å². The maximum absolute atomic E-state index is 5.77. The van der Waals surface area contributed by atoms with Crippen molar-refractivity contribution in [2.75, 3.05) is 17.8 Å². The van der Waals surface area contributed by atoms with Crippen LogP contribution in [-0.4, -0.2) is 17.8 Å². The van der Waals surface area contributed by atoms with E-state index in [1.165, 1.54) is 11.3 Å². The Kier molecular flexibility index (Phi) is 6.01. The SMILES string of the molecule is CCCCOc1ccc(Br)cc1C=NNc1nc(N)cs1. The lowest BCUT2D eigenvalue weighted by Crippen LogP contribution is -2.00. The fourth-order valence-electron chi connectivity index (χ4n) is 1.57. The topological polar surface area (TPSA) is 72.5 Å². The molecule has 7 heteroatoms. The summed E-state index contributed by atoms with van der Waals surface area (Å²) < 4.78 is 6.74. The molecule has 0 fully saturated rings. The molecule has 2 aromatic rings. The van der Waals surface area contributed by atoms with Gasteiger partial charge in [-0.3, -0.25) is 5.43 Å². The first-order chi connectivity index (χ1) is 10.2. The first-order valence-electron chi connectivity index (χ1n) is 6.61. The van der Waals surface area contributed by atoms with Gasteiger partial charge in [0.05, 0.1) is 12.8 Å². The highest BCUT2D eigenvalue weighted by molar-refractivity contribution is 9.10. The highest BCUT2D eigenvalue weighted by atomic mass is 79.9. The summed E-state index contributed by atoms with van der Waals surface area (Å²) in [7, 11) is 0. The lowest BCUT2D eigenvalue weighted by molar-refractivity contribution is 0.309. The normalized spacial score (nSPS) is 11.0. The van der Waals surface area contributed by atoms with Gasteiger partial charge in [-0.1, -0.05) is 29.3 Å². The molecule has 0 spiro atoms. The average Bonchev–Trinajstić information content (AvgIpc) is 2.87. The minimum atomic E-state index is 0.490. The summed E-state index contributed by atoms with van der Waals surface area (Å²) in [6, 6.07) is 5.85. The van der Waals surface area contributed by atoms with Crippen molar-refractivity contribution in [1.82, 2.24) is 4.98 Å². The van der Waals surface area contributed by atoms with Crippen LogP contribution in [0.1, 0.15) is 25.3 Å². The fraction of sp³-hybridized carbons (Fsp3) is 0.286. The standard InChI is InChI=1S/C14H17BrN4OS/c1-2-3-6-20-12-5-4-11(15)7-10(12)8-17-19-14-18-13(16)9-21-14/h4-5,7-9H,2-3,6,16H2,1H3,(H,18,19). The van der Waals surface area contributed by atoms with E-state index in [4.69, 9.17) is 10.5 Å². The number of rotatable bonds is 7. The number of nitrogen functional groups attached to an aromatic ring is 1. The monoisotopic (exact) mass is 368 g/mol. The Morgan fingerprint density at radius 2 is 2.38 bits per heavy atom. The summed E-state index contributed by atoms with van der Waals surface area (Å²) in [4.78, 5) is 4.07. The van der Waals surface area contributed by atoms with Crippen molar-refractivity contribution in [2.45, 2.75) is 19.8 Å². The van der Waals surface area contributed by atoms with Crippen molar-refractivity contribution < 1.29 is 4.74 Å². The molecule has 0 bridgehead atoms. The van der Waals surface area contributed by atoms with Crippen molar-refractivity contribution in [3.05, 3.63) is 33.6 Å². The van der Waals surface area contributed by atoms with E-state index in [0.29, 0.717) is 17.6 Å². The fourth-order valence-corrected chi connectivity index (χ4v) is 2.50. The summed E-state index contributed by atoms with van der Waals surface area (Å²) >= 11 is 4.86. The van der Waals surface area contributed by atoms with E-state index in [2.05, 4.69) is 38.4 Å². The zero-order valence-electron chi connectivity index (χ0n) is 11.7. The zero-order valence-corrected chi connectivity index (χ0v) is 14.1. The molecule has 1 aromatic carbocycles. The number of halogens is 1. The molecule has 1 aromatic heterocycles. The van der Waals surface area contributed by atoms with E-state index in [9.17, 15) is 0 Å². The van der Waals surface area contributed by atoms with Crippen LogP contribution in [0.3, 0.4) is 0 Å². The van der Waals surface area contributed by atoms with Crippen LogP contribution in [0.5, 0.6) is 5.75 Å². The summed E-state index contributed by atoms with van der Waals surface area (Å²) in [5.74, 6) is 1.31. The van der Waals surface area contributed by atoms with Crippen molar-refractivity contribution >= 4 is 44.4 Å². The maximum atomic E-state index is 5.77. The van der Waals surface area contributed by atoms with Gasteiger partial charge in [0.15, 0.2) is 0 Å². The Bertz CT molecular complexity index is 615. The molecule has 21 heavy (non-hydrogen) atoms. The van der Waals surface area contributed by atoms with E-state index in [-0.39, 0.29) is 0 Å². The van der Waals surface area contributed by atoms with Gasteiger partial charge >= 0.3 is 0 Å². The van der Waals surface area contributed by atoms with Crippen molar-refractivity contribution in [1.29, 1.82) is 0 Å². The van der Waals surface area contributed by atoms with E-state index in [0.717, 1.165) is 28.6 Å². The second kappa shape index (κ2) is 7.99. The van der Waals surface area contributed by atoms with Gasteiger partial charge in [0.25, 0.3) is 0 Å². The van der Waals surface area contributed by atoms with E-state index < -0.39 is 0 Å². The highest BCUT2D eigenvalue weighted by Crippen LogP contribution is 2.22. The van der Waals surface area contributed by atoms with Crippen molar-refractivity contribution in [3.63, 3.8) is 0 Å². The Balaban J connectivity index is 2.04. The van der Waals surface area contributed by atoms with Crippen LogP contribution >= 0.6 is 27.3 Å². The van der Waals surface area contributed by atoms with Crippen LogP contribution in [0.2, 0.25) is 0 Å². The van der Waals surface area contributed by atoms with Gasteiger partial charge in [0, 0.05) is 15.4 Å². The molecule has 0 amide bonds. The molecule has 0 saturated heterocycles. The van der Waals surface area contributed by atoms with Gasteiger partial charge in [-0.25, -0.2) is 4.98 Å².